The van der Waals surface area contributed by atoms with E-state index in [4.69, 9.17) is 11.6 Å². The van der Waals surface area contributed by atoms with E-state index in [1.54, 1.807) is 6.20 Å². The Kier molecular flexibility index (Phi) is 4.40. The van der Waals surface area contributed by atoms with Crippen LogP contribution in [0.3, 0.4) is 0 Å². The lowest BCUT2D eigenvalue weighted by molar-refractivity contribution is 0.281. The predicted molar refractivity (Wildman–Crippen MR) is 78.5 cm³/mol. The van der Waals surface area contributed by atoms with E-state index >= 15 is 0 Å². The van der Waals surface area contributed by atoms with Gasteiger partial charge in [0, 0.05) is 41.8 Å². The molecular weight excluding hydrogens is 260 g/mol. The van der Waals surface area contributed by atoms with E-state index in [1.807, 2.05) is 44.3 Å². The fourth-order valence-corrected chi connectivity index (χ4v) is 2.13. The number of pyridine rings is 1. The van der Waals surface area contributed by atoms with Crippen LogP contribution >= 0.6 is 11.6 Å². The summed E-state index contributed by atoms with van der Waals surface area (Å²) in [5.74, 6) is 0. The monoisotopic (exact) mass is 276 g/mol. The van der Waals surface area contributed by atoms with Crippen LogP contribution in [0.25, 0.3) is 0 Å². The molecule has 0 radical (unpaired) electrons. The molecule has 0 spiro atoms. The van der Waals surface area contributed by atoms with Gasteiger partial charge in [0.15, 0.2) is 0 Å². The molecule has 0 aliphatic heterocycles. The Balaban J connectivity index is 2.21. The summed E-state index contributed by atoms with van der Waals surface area (Å²) in [6.45, 7) is 2.70. The average Bonchev–Trinajstić information content (AvgIpc) is 2.41. The van der Waals surface area contributed by atoms with Crippen LogP contribution in [0.15, 0.2) is 36.5 Å². The van der Waals surface area contributed by atoms with Crippen molar-refractivity contribution in [2.75, 3.05) is 11.9 Å². The summed E-state index contributed by atoms with van der Waals surface area (Å²) in [6.07, 6.45) is 1.73. The molecule has 0 aliphatic carbocycles. The number of aryl methyl sites for hydroxylation is 1. The van der Waals surface area contributed by atoms with Gasteiger partial charge in [0.1, 0.15) is 0 Å². The molecule has 3 nitrogen and oxygen atoms in total. The third-order valence-corrected chi connectivity index (χ3v) is 3.27. The Morgan fingerprint density at radius 3 is 2.58 bits per heavy atom. The number of benzene rings is 1. The van der Waals surface area contributed by atoms with Crippen molar-refractivity contribution in [1.82, 2.24) is 4.98 Å². The Morgan fingerprint density at radius 1 is 1.26 bits per heavy atom. The second-order valence-corrected chi connectivity index (χ2v) is 5.03. The maximum absolute atomic E-state index is 9.38. The van der Waals surface area contributed by atoms with Crippen molar-refractivity contribution in [3.05, 3.63) is 58.4 Å². The molecule has 100 valence electrons. The molecule has 0 unspecified atom stereocenters. The lowest BCUT2D eigenvalue weighted by atomic mass is 10.1. The van der Waals surface area contributed by atoms with Crippen molar-refractivity contribution in [2.45, 2.75) is 20.1 Å². The number of anilines is 1. The quantitative estimate of drug-likeness (QED) is 0.932. The summed E-state index contributed by atoms with van der Waals surface area (Å²) >= 11 is 5.88. The van der Waals surface area contributed by atoms with Gasteiger partial charge in [-0.2, -0.15) is 0 Å². The van der Waals surface area contributed by atoms with Crippen molar-refractivity contribution < 1.29 is 5.11 Å². The van der Waals surface area contributed by atoms with Gasteiger partial charge in [-0.15, -0.1) is 0 Å². The van der Waals surface area contributed by atoms with Crippen molar-refractivity contribution >= 4 is 17.3 Å². The molecule has 19 heavy (non-hydrogen) atoms. The van der Waals surface area contributed by atoms with Gasteiger partial charge in [-0.05, 0) is 30.7 Å². The van der Waals surface area contributed by atoms with Crippen molar-refractivity contribution in [2.24, 2.45) is 0 Å². The van der Waals surface area contributed by atoms with Gasteiger partial charge in [0.2, 0.25) is 0 Å². The van der Waals surface area contributed by atoms with Crippen LogP contribution in [-0.2, 0) is 13.2 Å². The van der Waals surface area contributed by atoms with E-state index in [0.717, 1.165) is 28.5 Å². The van der Waals surface area contributed by atoms with Crippen LogP contribution in [-0.4, -0.2) is 17.1 Å². The standard InChI is InChI=1S/C15H17ClN2O/c1-11-7-15(13(10-19)8-17-11)18(2)9-12-3-5-14(16)6-4-12/h3-8,19H,9-10H2,1-2H3. The molecule has 0 atom stereocenters. The number of aliphatic hydroxyl groups is 1. The molecule has 0 fully saturated rings. The summed E-state index contributed by atoms with van der Waals surface area (Å²) in [7, 11) is 2.00. The highest BCUT2D eigenvalue weighted by atomic mass is 35.5. The average molecular weight is 277 g/mol. The molecule has 2 rings (SSSR count). The van der Waals surface area contributed by atoms with Gasteiger partial charge < -0.3 is 10.0 Å². The zero-order valence-corrected chi connectivity index (χ0v) is 11.9. The number of hydrogen-bond acceptors (Lipinski definition) is 3. The predicted octanol–water partition coefficient (Wildman–Crippen LogP) is 3.17. The number of halogens is 1. The van der Waals surface area contributed by atoms with Crippen LogP contribution in [0.4, 0.5) is 5.69 Å². The smallest absolute Gasteiger partial charge is 0.0717 e. The van der Waals surface area contributed by atoms with Gasteiger partial charge in [-0.25, -0.2) is 0 Å². The maximum atomic E-state index is 9.38. The molecule has 1 aromatic carbocycles. The Bertz CT molecular complexity index is 555. The summed E-state index contributed by atoms with van der Waals surface area (Å²) in [6, 6.07) is 9.77. The largest absolute Gasteiger partial charge is 0.392 e. The highest BCUT2D eigenvalue weighted by Gasteiger charge is 2.08. The van der Waals surface area contributed by atoms with Gasteiger partial charge in [-0.1, -0.05) is 23.7 Å². The lowest BCUT2D eigenvalue weighted by Crippen LogP contribution is -2.18. The zero-order chi connectivity index (χ0) is 13.8. The first-order valence-electron chi connectivity index (χ1n) is 6.12. The van der Waals surface area contributed by atoms with Crippen LogP contribution in [0.2, 0.25) is 5.02 Å². The van der Waals surface area contributed by atoms with Crippen LogP contribution in [0.1, 0.15) is 16.8 Å². The Hall–Kier alpha value is -1.58. The van der Waals surface area contributed by atoms with E-state index in [0.29, 0.717) is 0 Å². The maximum Gasteiger partial charge on any atom is 0.0717 e. The fourth-order valence-electron chi connectivity index (χ4n) is 2.00. The molecule has 2 aromatic rings. The third kappa shape index (κ3) is 3.46. The third-order valence-electron chi connectivity index (χ3n) is 3.01. The normalized spacial score (nSPS) is 10.5. The van der Waals surface area contributed by atoms with E-state index in [2.05, 4.69) is 9.88 Å². The van der Waals surface area contributed by atoms with E-state index < -0.39 is 0 Å². The molecule has 0 aliphatic rings. The van der Waals surface area contributed by atoms with E-state index in [1.165, 1.54) is 5.56 Å². The summed E-state index contributed by atoms with van der Waals surface area (Å²) in [5.41, 5.74) is 3.95. The van der Waals surface area contributed by atoms with Gasteiger partial charge in [-0.3, -0.25) is 4.98 Å². The Labute approximate surface area is 118 Å². The molecule has 1 N–H and O–H groups in total. The van der Waals surface area contributed by atoms with Gasteiger partial charge in [0.05, 0.1) is 6.61 Å². The van der Waals surface area contributed by atoms with Crippen LogP contribution < -0.4 is 4.90 Å². The first-order valence-corrected chi connectivity index (χ1v) is 6.50. The minimum absolute atomic E-state index is 0.00638. The molecule has 4 heteroatoms. The zero-order valence-electron chi connectivity index (χ0n) is 11.1. The number of nitrogens with zero attached hydrogens (tertiary/aromatic N) is 2. The number of hydrogen-bond donors (Lipinski definition) is 1. The number of aliphatic hydroxyl groups excluding tert-OH is 1. The van der Waals surface area contributed by atoms with Crippen molar-refractivity contribution in [3.8, 4) is 0 Å². The SMILES string of the molecule is Cc1cc(N(C)Cc2ccc(Cl)cc2)c(CO)cn1. The van der Waals surface area contributed by atoms with Gasteiger partial charge in [0.25, 0.3) is 0 Å². The van der Waals surface area contributed by atoms with E-state index in [-0.39, 0.29) is 6.61 Å². The minimum Gasteiger partial charge on any atom is -0.392 e. The van der Waals surface area contributed by atoms with Crippen molar-refractivity contribution in [1.29, 1.82) is 0 Å². The van der Waals surface area contributed by atoms with E-state index in [9.17, 15) is 5.11 Å². The molecule has 0 amide bonds. The molecule has 1 aromatic heterocycles. The summed E-state index contributed by atoms with van der Waals surface area (Å²) < 4.78 is 0. The minimum atomic E-state index is -0.00638. The molecule has 0 saturated heterocycles. The topological polar surface area (TPSA) is 36.4 Å². The second kappa shape index (κ2) is 6.04. The highest BCUT2D eigenvalue weighted by molar-refractivity contribution is 6.30. The first kappa shape index (κ1) is 13.8. The van der Waals surface area contributed by atoms with Crippen LogP contribution in [0, 0.1) is 6.92 Å². The second-order valence-electron chi connectivity index (χ2n) is 4.60. The number of rotatable bonds is 4. The molecule has 1 heterocycles. The van der Waals surface area contributed by atoms with Crippen LogP contribution in [0.5, 0.6) is 0 Å². The van der Waals surface area contributed by atoms with Gasteiger partial charge >= 0.3 is 0 Å². The lowest BCUT2D eigenvalue weighted by Gasteiger charge is -2.22. The highest BCUT2D eigenvalue weighted by Crippen LogP contribution is 2.22. The molecule has 0 bridgehead atoms. The number of aromatic nitrogens is 1. The summed E-state index contributed by atoms with van der Waals surface area (Å²) in [4.78, 5) is 6.31. The first-order chi connectivity index (χ1) is 9.10. The fraction of sp³-hybridized carbons (Fsp3) is 0.267. The molecule has 0 saturated carbocycles. The molecular formula is C15H17ClN2O. The summed E-state index contributed by atoms with van der Waals surface area (Å²) in [5, 5.41) is 10.1. The Morgan fingerprint density at radius 2 is 1.95 bits per heavy atom. The van der Waals surface area contributed by atoms with Crippen molar-refractivity contribution in [3.63, 3.8) is 0 Å².